The van der Waals surface area contributed by atoms with Crippen molar-refractivity contribution in [3.05, 3.63) is 22.7 Å². The first-order chi connectivity index (χ1) is 17.5. The second kappa shape index (κ2) is 17.0. The fourth-order valence-electron chi connectivity index (χ4n) is 2.62. The summed E-state index contributed by atoms with van der Waals surface area (Å²) in [6, 6.07) is 1.34. The van der Waals surface area contributed by atoms with Crippen LogP contribution in [0.5, 0.6) is 0 Å². The van der Waals surface area contributed by atoms with Gasteiger partial charge in [0.1, 0.15) is 12.0 Å². The summed E-state index contributed by atoms with van der Waals surface area (Å²) in [5.41, 5.74) is 4.69. The lowest BCUT2D eigenvalue weighted by molar-refractivity contribution is -0.0527. The highest BCUT2D eigenvalue weighted by Gasteiger charge is 2.38. The van der Waals surface area contributed by atoms with Crippen molar-refractivity contribution in [3.63, 3.8) is 0 Å². The predicted octanol–water partition coefficient (Wildman–Crippen LogP) is 3.35. The highest BCUT2D eigenvalue weighted by molar-refractivity contribution is 7.41. The van der Waals surface area contributed by atoms with Gasteiger partial charge in [0, 0.05) is 12.6 Å². The van der Waals surface area contributed by atoms with Crippen LogP contribution in [0.4, 0.5) is 24.2 Å². The summed E-state index contributed by atoms with van der Waals surface area (Å²) in [7, 11) is -1.74. The number of halogens is 2. The van der Waals surface area contributed by atoms with Crippen LogP contribution in [0.2, 0.25) is 0 Å². The average Bonchev–Trinajstić information content (AvgIpc) is 3.17. The molecule has 2 heterocycles. The molecule has 0 saturated carbocycles. The molecule has 1 saturated heterocycles. The Morgan fingerprint density at radius 2 is 1.65 bits per heavy atom. The zero-order valence-electron chi connectivity index (χ0n) is 21.0. The number of nitrogens with zero attached hydrogens (tertiary/aromatic N) is 2. The van der Waals surface area contributed by atoms with E-state index in [-0.39, 0.29) is 18.8 Å². The lowest BCUT2D eigenvalue weighted by Crippen LogP contribution is -2.30. The molecule has 212 valence electrons. The summed E-state index contributed by atoms with van der Waals surface area (Å²) in [4.78, 5) is 38.5. The smallest absolute Gasteiger partial charge is 0.432 e. The lowest BCUT2D eigenvalue weighted by atomic mass is 10.2. The molecule has 17 heteroatoms. The predicted molar refractivity (Wildman–Crippen MR) is 124 cm³/mol. The van der Waals surface area contributed by atoms with Crippen molar-refractivity contribution in [2.45, 2.75) is 64.8 Å². The molecule has 0 spiro atoms. The topological polar surface area (TPSA) is 169 Å². The van der Waals surface area contributed by atoms with Gasteiger partial charge in [-0.1, -0.05) is 0 Å². The van der Waals surface area contributed by atoms with Gasteiger partial charge in [0.05, 0.1) is 32.1 Å². The number of anilines is 1. The molecule has 1 aliphatic heterocycles. The standard InChI is InChI=1S/C19H29FN3O11P.CH3F/c1-11(2)32-18(25)27-9-30-35(31-10-28-19(26)33-12(3)4)29-8-13-7-14(20)16(34-13)23-6-5-15(21)22-17(23)24;1-2/h5-6,11-14,16H,7-10H2,1-4H3,(H2,21,22,24);1H3. The Morgan fingerprint density at radius 1 is 1.11 bits per heavy atom. The molecule has 0 aliphatic carbocycles. The molecule has 37 heavy (non-hydrogen) atoms. The molecule has 1 aliphatic rings. The van der Waals surface area contributed by atoms with E-state index >= 15 is 0 Å². The zero-order chi connectivity index (χ0) is 28.0. The molecule has 1 aromatic heterocycles. The van der Waals surface area contributed by atoms with Gasteiger partial charge in [0.15, 0.2) is 6.23 Å². The molecule has 0 bridgehead atoms. The van der Waals surface area contributed by atoms with Crippen LogP contribution in [0.1, 0.15) is 40.3 Å². The number of rotatable bonds is 12. The van der Waals surface area contributed by atoms with E-state index in [0.717, 1.165) is 4.57 Å². The molecule has 0 amide bonds. The van der Waals surface area contributed by atoms with Gasteiger partial charge in [-0.2, -0.15) is 4.98 Å². The number of hydrogen-bond donors (Lipinski definition) is 1. The highest BCUT2D eigenvalue weighted by atomic mass is 31.2. The van der Waals surface area contributed by atoms with Crippen molar-refractivity contribution in [2.75, 3.05) is 33.1 Å². The van der Waals surface area contributed by atoms with Crippen LogP contribution in [0.15, 0.2) is 17.1 Å². The minimum atomic E-state index is -2.24. The second-order valence-electron chi connectivity index (χ2n) is 7.58. The molecule has 3 atom stereocenters. The van der Waals surface area contributed by atoms with E-state index in [1.54, 1.807) is 27.7 Å². The third kappa shape index (κ3) is 12.4. The van der Waals surface area contributed by atoms with Crippen LogP contribution in [0.25, 0.3) is 0 Å². The van der Waals surface area contributed by atoms with Gasteiger partial charge < -0.3 is 33.9 Å². The van der Waals surface area contributed by atoms with Crippen molar-refractivity contribution in [1.82, 2.24) is 9.55 Å². The van der Waals surface area contributed by atoms with E-state index in [0.29, 0.717) is 7.18 Å². The first kappa shape index (κ1) is 32.4. The van der Waals surface area contributed by atoms with E-state index in [9.17, 15) is 23.2 Å². The fraction of sp³-hybridized carbons (Fsp3) is 0.700. The van der Waals surface area contributed by atoms with Gasteiger partial charge in [0.2, 0.25) is 13.6 Å². The number of nitrogen functional groups attached to an aromatic ring is 1. The van der Waals surface area contributed by atoms with E-state index in [4.69, 9.17) is 43.0 Å². The zero-order valence-corrected chi connectivity index (χ0v) is 21.9. The minimum absolute atomic E-state index is 0.00142. The maximum absolute atomic E-state index is 14.5. The number of alkyl halides is 2. The molecule has 0 radical (unpaired) electrons. The summed E-state index contributed by atoms with van der Waals surface area (Å²) in [6.45, 7) is 5.13. The van der Waals surface area contributed by atoms with Gasteiger partial charge in [-0.3, -0.25) is 18.0 Å². The monoisotopic (exact) mass is 559 g/mol. The molecule has 14 nitrogen and oxygen atoms in total. The Bertz CT molecular complexity index is 865. The first-order valence-electron chi connectivity index (χ1n) is 10.9. The Balaban J connectivity index is 0.00000334. The lowest BCUT2D eigenvalue weighted by Gasteiger charge is -2.19. The molecule has 2 N–H and O–H groups in total. The van der Waals surface area contributed by atoms with Crippen molar-refractivity contribution in [2.24, 2.45) is 0 Å². The van der Waals surface area contributed by atoms with Gasteiger partial charge in [0.25, 0.3) is 0 Å². The first-order valence-corrected chi connectivity index (χ1v) is 12.0. The van der Waals surface area contributed by atoms with E-state index in [1.807, 2.05) is 0 Å². The number of aromatic nitrogens is 2. The summed E-state index contributed by atoms with van der Waals surface area (Å²) < 4.78 is 65.6. The second-order valence-corrected chi connectivity index (χ2v) is 8.80. The summed E-state index contributed by atoms with van der Waals surface area (Å²) >= 11 is 0. The highest BCUT2D eigenvalue weighted by Crippen LogP contribution is 2.41. The number of carbonyl (C=O) groups excluding carboxylic acids is 2. The van der Waals surface area contributed by atoms with Crippen LogP contribution < -0.4 is 11.4 Å². The maximum atomic E-state index is 14.5. The maximum Gasteiger partial charge on any atom is 0.510 e. The Hall–Kier alpha value is -2.65. The summed E-state index contributed by atoms with van der Waals surface area (Å²) in [5, 5.41) is 0. The van der Waals surface area contributed by atoms with Crippen LogP contribution in [-0.4, -0.2) is 73.7 Å². The van der Waals surface area contributed by atoms with Gasteiger partial charge in [-0.05, 0) is 33.8 Å². The van der Waals surface area contributed by atoms with Crippen LogP contribution >= 0.6 is 8.60 Å². The summed E-state index contributed by atoms with van der Waals surface area (Å²) in [6.07, 6.45) is -5.10. The van der Waals surface area contributed by atoms with Crippen LogP contribution in [0.3, 0.4) is 0 Å². The quantitative estimate of drug-likeness (QED) is 0.225. The van der Waals surface area contributed by atoms with E-state index < -0.39 is 70.9 Å². The Labute approximate surface area is 213 Å². The molecule has 2 rings (SSSR count). The summed E-state index contributed by atoms with van der Waals surface area (Å²) in [5.74, 6) is -0.00142. The molecular weight excluding hydrogens is 527 g/mol. The van der Waals surface area contributed by atoms with Crippen molar-refractivity contribution < 1.29 is 55.6 Å². The SMILES string of the molecule is CC(C)OC(=O)OCOP(OCOC(=O)OC(C)C)OCC1CC(F)C(n2ccc(N)nc2=O)O1.CF. The number of carbonyl (C=O) groups is 2. The van der Waals surface area contributed by atoms with Gasteiger partial charge in [-0.15, -0.1) is 0 Å². The van der Waals surface area contributed by atoms with Crippen molar-refractivity contribution >= 4 is 26.7 Å². The molecule has 1 aromatic rings. The largest absolute Gasteiger partial charge is 0.510 e. The Morgan fingerprint density at radius 3 is 2.14 bits per heavy atom. The van der Waals surface area contributed by atoms with Crippen LogP contribution in [-0.2, 0) is 37.3 Å². The molecular formula is C20H32F2N3O11P. The third-order valence-corrected chi connectivity index (χ3v) is 4.95. The molecule has 3 unspecified atom stereocenters. The van der Waals surface area contributed by atoms with E-state index in [1.165, 1.54) is 12.3 Å². The van der Waals surface area contributed by atoms with Crippen molar-refractivity contribution in [3.8, 4) is 0 Å². The van der Waals surface area contributed by atoms with E-state index in [2.05, 4.69) is 4.98 Å². The van der Waals surface area contributed by atoms with Gasteiger partial charge >= 0.3 is 26.6 Å². The molecule has 1 fully saturated rings. The number of hydrogen-bond acceptors (Lipinski definition) is 13. The minimum Gasteiger partial charge on any atom is -0.432 e. The Kier molecular flexibility index (Phi) is 14.9. The third-order valence-electron chi connectivity index (χ3n) is 3.95. The van der Waals surface area contributed by atoms with Crippen LogP contribution in [0, 0.1) is 0 Å². The number of ether oxygens (including phenoxy) is 5. The molecule has 0 aromatic carbocycles. The van der Waals surface area contributed by atoms with Gasteiger partial charge in [-0.25, -0.2) is 18.8 Å². The number of nitrogens with two attached hydrogens (primary N) is 1. The normalized spacial score (nSPS) is 18.9. The fourth-order valence-corrected chi connectivity index (χ4v) is 3.41. The van der Waals surface area contributed by atoms with Crippen molar-refractivity contribution in [1.29, 1.82) is 0 Å². The average molecular weight is 559 g/mol.